The third-order valence-electron chi connectivity index (χ3n) is 17.8. The van der Waals surface area contributed by atoms with Crippen LogP contribution in [0.25, 0.3) is 0 Å². The molecule has 0 saturated carbocycles. The first-order valence-corrected chi connectivity index (χ1v) is 38.2. The Kier molecular flexibility index (Phi) is 71.0. The van der Waals surface area contributed by atoms with Gasteiger partial charge in [0, 0.05) is 19.3 Å². The van der Waals surface area contributed by atoms with Crippen LogP contribution in [-0.2, 0) is 28.6 Å². The minimum atomic E-state index is -0.765. The molecule has 0 radical (unpaired) electrons. The number of unbranched alkanes of at least 4 members (excludes halogenated alkanes) is 59. The van der Waals surface area contributed by atoms with Crippen molar-refractivity contribution in [2.45, 2.75) is 451 Å². The summed E-state index contributed by atoms with van der Waals surface area (Å²) in [6.45, 7) is 6.74. The first-order chi connectivity index (χ1) is 41.0. The summed E-state index contributed by atoms with van der Waals surface area (Å²) < 4.78 is 17.0. The van der Waals surface area contributed by atoms with Crippen molar-refractivity contribution in [3.8, 4) is 0 Å². The molecule has 0 N–H and O–H groups in total. The Balaban J connectivity index is 4.11. The van der Waals surface area contributed by atoms with Gasteiger partial charge < -0.3 is 14.2 Å². The molecule has 0 fully saturated rings. The zero-order valence-electron chi connectivity index (χ0n) is 56.8. The Morgan fingerprint density at radius 1 is 0.229 bits per heavy atom. The summed E-state index contributed by atoms with van der Waals surface area (Å²) in [4.78, 5) is 38.5. The van der Waals surface area contributed by atoms with E-state index in [1.54, 1.807) is 0 Å². The van der Waals surface area contributed by atoms with E-state index in [9.17, 15) is 14.4 Å². The van der Waals surface area contributed by atoms with Crippen molar-refractivity contribution in [2.24, 2.45) is 0 Å². The third kappa shape index (κ3) is 70.8. The lowest BCUT2D eigenvalue weighted by molar-refractivity contribution is -0.167. The van der Waals surface area contributed by atoms with Crippen molar-refractivity contribution >= 4 is 17.9 Å². The molecule has 1 unspecified atom stereocenters. The lowest BCUT2D eigenvalue weighted by atomic mass is 10.0. The van der Waals surface area contributed by atoms with Crippen LogP contribution in [-0.4, -0.2) is 37.2 Å². The Bertz CT molecular complexity index is 1300. The molecule has 0 aliphatic rings. The highest BCUT2D eigenvalue weighted by Crippen LogP contribution is 2.20. The van der Waals surface area contributed by atoms with Gasteiger partial charge in [0.05, 0.1) is 0 Å². The molecule has 6 heteroatoms. The number of rotatable bonds is 72. The average Bonchev–Trinajstić information content (AvgIpc) is 3.49. The Morgan fingerprint density at radius 2 is 0.398 bits per heavy atom. The van der Waals surface area contributed by atoms with Crippen LogP contribution in [0, 0.1) is 0 Å². The van der Waals surface area contributed by atoms with E-state index in [0.29, 0.717) is 19.3 Å². The van der Waals surface area contributed by atoms with Crippen LogP contribution >= 0.6 is 0 Å². The van der Waals surface area contributed by atoms with Crippen LogP contribution in [0.2, 0.25) is 0 Å². The van der Waals surface area contributed by atoms with Gasteiger partial charge in [0.15, 0.2) is 6.10 Å². The van der Waals surface area contributed by atoms with Gasteiger partial charge in [0.25, 0.3) is 0 Å². The number of hydrogen-bond donors (Lipinski definition) is 0. The third-order valence-corrected chi connectivity index (χ3v) is 17.8. The molecule has 83 heavy (non-hydrogen) atoms. The maximum atomic E-state index is 13.0. The standard InChI is InChI=1S/C77H148O6/c1-4-7-10-13-16-19-22-25-27-29-31-33-35-36-37-38-39-40-41-42-43-45-46-48-50-52-55-58-61-64-67-70-76(79)82-73-74(72-81-75(78)69-66-63-60-57-54-24-21-18-15-12-9-6-3)83-77(80)71-68-65-62-59-56-53-51-49-47-44-34-32-30-28-26-23-20-17-14-11-8-5-2/h29,31,74H,4-28,30,32-73H2,1-3H3/b31-29-. The number of ether oxygens (including phenoxy) is 3. The molecule has 1 atom stereocenters. The van der Waals surface area contributed by atoms with E-state index in [2.05, 4.69) is 32.9 Å². The van der Waals surface area contributed by atoms with Gasteiger partial charge in [-0.05, 0) is 44.9 Å². The summed E-state index contributed by atoms with van der Waals surface area (Å²) in [5.41, 5.74) is 0. The fourth-order valence-electron chi connectivity index (χ4n) is 12.0. The molecule has 0 amide bonds. The Hall–Kier alpha value is -1.85. The highest BCUT2D eigenvalue weighted by Gasteiger charge is 2.20. The second-order valence-corrected chi connectivity index (χ2v) is 26.3. The van der Waals surface area contributed by atoms with Gasteiger partial charge in [-0.25, -0.2) is 0 Å². The van der Waals surface area contributed by atoms with Crippen molar-refractivity contribution < 1.29 is 28.6 Å². The molecule has 0 spiro atoms. The highest BCUT2D eigenvalue weighted by molar-refractivity contribution is 5.71. The zero-order chi connectivity index (χ0) is 59.9. The summed E-state index contributed by atoms with van der Waals surface area (Å²) in [7, 11) is 0. The zero-order valence-corrected chi connectivity index (χ0v) is 56.8. The highest BCUT2D eigenvalue weighted by atomic mass is 16.6. The number of carbonyl (C=O) groups is 3. The van der Waals surface area contributed by atoms with Gasteiger partial charge in [-0.3, -0.25) is 14.4 Å². The smallest absolute Gasteiger partial charge is 0.306 e. The molecule has 0 heterocycles. The van der Waals surface area contributed by atoms with Gasteiger partial charge in [-0.2, -0.15) is 0 Å². The number of esters is 3. The molecule has 0 aromatic rings. The predicted molar refractivity (Wildman–Crippen MR) is 363 cm³/mol. The molecule has 0 bridgehead atoms. The maximum Gasteiger partial charge on any atom is 0.306 e. The largest absolute Gasteiger partial charge is 0.462 e. The van der Waals surface area contributed by atoms with Crippen LogP contribution in [0.15, 0.2) is 12.2 Å². The van der Waals surface area contributed by atoms with Gasteiger partial charge >= 0.3 is 17.9 Å². The first-order valence-electron chi connectivity index (χ1n) is 38.2. The Labute approximate surface area is 520 Å². The van der Waals surface area contributed by atoms with E-state index >= 15 is 0 Å². The molecule has 0 aliphatic heterocycles. The fraction of sp³-hybridized carbons (Fsp3) is 0.935. The molecule has 6 nitrogen and oxygen atoms in total. The molecule has 0 aliphatic carbocycles. The summed E-state index contributed by atoms with van der Waals surface area (Å²) in [6, 6.07) is 0. The average molecular weight is 1170 g/mol. The van der Waals surface area contributed by atoms with Crippen molar-refractivity contribution in [2.75, 3.05) is 13.2 Å². The van der Waals surface area contributed by atoms with Crippen molar-refractivity contribution in [1.82, 2.24) is 0 Å². The van der Waals surface area contributed by atoms with Gasteiger partial charge in [0.1, 0.15) is 13.2 Å². The molecule has 0 aromatic carbocycles. The van der Waals surface area contributed by atoms with Crippen LogP contribution < -0.4 is 0 Å². The first kappa shape index (κ1) is 81.2. The summed E-state index contributed by atoms with van der Waals surface area (Å²) in [6.07, 6.45) is 88.4. The molecule has 0 aromatic heterocycles. The van der Waals surface area contributed by atoms with Crippen molar-refractivity contribution in [3.63, 3.8) is 0 Å². The molecular weight excluding hydrogens is 1020 g/mol. The summed E-state index contributed by atoms with van der Waals surface area (Å²) in [5.74, 6) is -0.822. The van der Waals surface area contributed by atoms with Crippen molar-refractivity contribution in [3.05, 3.63) is 12.2 Å². The number of hydrogen-bond acceptors (Lipinski definition) is 6. The Morgan fingerprint density at radius 3 is 0.602 bits per heavy atom. The molecule has 0 saturated heterocycles. The van der Waals surface area contributed by atoms with Gasteiger partial charge in [0.2, 0.25) is 0 Å². The van der Waals surface area contributed by atoms with E-state index in [-0.39, 0.29) is 31.1 Å². The maximum absolute atomic E-state index is 13.0. The molecular formula is C77H148O6. The van der Waals surface area contributed by atoms with E-state index < -0.39 is 6.10 Å². The monoisotopic (exact) mass is 1170 g/mol. The summed E-state index contributed by atoms with van der Waals surface area (Å²) >= 11 is 0. The minimum absolute atomic E-state index is 0.0616. The van der Waals surface area contributed by atoms with Crippen LogP contribution in [0.5, 0.6) is 0 Å². The quantitative estimate of drug-likeness (QED) is 0.0261. The fourth-order valence-corrected chi connectivity index (χ4v) is 12.0. The minimum Gasteiger partial charge on any atom is -0.462 e. The van der Waals surface area contributed by atoms with Crippen molar-refractivity contribution in [1.29, 1.82) is 0 Å². The van der Waals surface area contributed by atoms with Crippen LogP contribution in [0.3, 0.4) is 0 Å². The lowest BCUT2D eigenvalue weighted by Gasteiger charge is -2.18. The molecule has 492 valence electrons. The normalized spacial score (nSPS) is 12.0. The second kappa shape index (κ2) is 72.6. The van der Waals surface area contributed by atoms with E-state index in [4.69, 9.17) is 14.2 Å². The number of allylic oxidation sites excluding steroid dienone is 2. The van der Waals surface area contributed by atoms with Gasteiger partial charge in [-0.1, -0.05) is 392 Å². The molecule has 0 rings (SSSR count). The van der Waals surface area contributed by atoms with Gasteiger partial charge in [-0.15, -0.1) is 0 Å². The summed E-state index contributed by atoms with van der Waals surface area (Å²) in [5, 5.41) is 0. The van der Waals surface area contributed by atoms with Crippen LogP contribution in [0.1, 0.15) is 445 Å². The lowest BCUT2D eigenvalue weighted by Crippen LogP contribution is -2.30. The van der Waals surface area contributed by atoms with Crippen LogP contribution in [0.4, 0.5) is 0 Å². The number of carbonyl (C=O) groups excluding carboxylic acids is 3. The van der Waals surface area contributed by atoms with E-state index in [1.165, 1.54) is 347 Å². The predicted octanol–water partition coefficient (Wildman–Crippen LogP) is 26.3. The topological polar surface area (TPSA) is 78.9 Å². The van der Waals surface area contributed by atoms with E-state index in [0.717, 1.165) is 57.8 Å². The second-order valence-electron chi connectivity index (χ2n) is 26.3. The SMILES string of the molecule is CCCCCCCCCC/C=C\CCCCCCCCCCCCCCCCCCCCCC(=O)OCC(COC(=O)CCCCCCCCCCCCCC)OC(=O)CCCCCCCCCCCCCCCCCCCCCCCC. The van der Waals surface area contributed by atoms with E-state index in [1.807, 2.05) is 0 Å².